The van der Waals surface area contributed by atoms with E-state index >= 15 is 0 Å². The number of sulfonamides is 1. The number of amides is 1. The summed E-state index contributed by atoms with van der Waals surface area (Å²) in [6.45, 7) is 0. The fourth-order valence-corrected chi connectivity index (χ4v) is 4.89. The predicted molar refractivity (Wildman–Crippen MR) is 111 cm³/mol. The van der Waals surface area contributed by atoms with E-state index in [1.165, 1.54) is 0 Å². The Bertz CT molecular complexity index is 1010. The number of rotatable bonds is 6. The van der Waals surface area contributed by atoms with Gasteiger partial charge in [-0.25, -0.2) is 23.0 Å². The van der Waals surface area contributed by atoms with Gasteiger partial charge in [-0.3, -0.25) is 4.79 Å². The monoisotopic (exact) mass is 436 g/mol. The molecular formula is C19H23ClN5O3S+. The van der Waals surface area contributed by atoms with Crippen LogP contribution in [0.5, 0.6) is 0 Å². The van der Waals surface area contributed by atoms with Gasteiger partial charge in [-0.15, -0.1) is 0 Å². The Morgan fingerprint density at radius 1 is 1.34 bits per heavy atom. The van der Waals surface area contributed by atoms with Crippen LogP contribution in [0.25, 0.3) is 0 Å². The van der Waals surface area contributed by atoms with Crippen molar-refractivity contribution >= 4 is 39.1 Å². The van der Waals surface area contributed by atoms with Crippen LogP contribution < -0.4 is 15.8 Å². The highest BCUT2D eigenvalue weighted by Crippen LogP contribution is 2.33. The number of hydrogen-bond acceptors (Lipinski definition) is 5. The van der Waals surface area contributed by atoms with Crippen LogP contribution in [0.4, 0.5) is 5.69 Å². The quantitative estimate of drug-likeness (QED) is 0.583. The van der Waals surface area contributed by atoms with Gasteiger partial charge >= 0.3 is 0 Å². The molecule has 0 aromatic heterocycles. The first kappa shape index (κ1) is 21.3. The van der Waals surface area contributed by atoms with E-state index in [0.717, 1.165) is 11.9 Å². The lowest BCUT2D eigenvalue weighted by Gasteiger charge is -2.36. The minimum Gasteiger partial charge on any atom is -0.365 e. The summed E-state index contributed by atoms with van der Waals surface area (Å²) in [5.74, 6) is -0.00930. The number of anilines is 1. The number of nitriles is 1. The van der Waals surface area contributed by atoms with Gasteiger partial charge < -0.3 is 5.73 Å². The molecule has 1 aromatic carbocycles. The molecular weight excluding hydrogens is 414 g/mol. The minimum atomic E-state index is -3.31. The summed E-state index contributed by atoms with van der Waals surface area (Å²) in [6.07, 6.45) is 4.99. The highest BCUT2D eigenvalue weighted by molar-refractivity contribution is 7.88. The normalized spacial score (nSPS) is 24.3. The van der Waals surface area contributed by atoms with Crippen molar-refractivity contribution in [1.29, 1.82) is 5.26 Å². The van der Waals surface area contributed by atoms with Crippen LogP contribution in [0.1, 0.15) is 25.7 Å². The molecule has 154 valence electrons. The zero-order valence-electron chi connectivity index (χ0n) is 15.9. The van der Waals surface area contributed by atoms with E-state index in [-0.39, 0.29) is 24.4 Å². The number of halogens is 1. The molecule has 1 heterocycles. The van der Waals surface area contributed by atoms with Crippen LogP contribution in [-0.4, -0.2) is 43.1 Å². The third-order valence-electron chi connectivity index (χ3n) is 5.19. The fraction of sp³-hybridized carbons (Fsp3) is 0.421. The number of nitrogens with one attached hydrogen (secondary N) is 2. The number of carbonyl (C=O) groups excluding carboxylic acids is 1. The molecule has 0 saturated heterocycles. The summed E-state index contributed by atoms with van der Waals surface area (Å²) in [4.78, 5) is 11.8. The molecule has 1 aliphatic heterocycles. The molecule has 1 aliphatic carbocycles. The van der Waals surface area contributed by atoms with Gasteiger partial charge in [0.1, 0.15) is 17.9 Å². The molecule has 29 heavy (non-hydrogen) atoms. The molecule has 8 nitrogen and oxygen atoms in total. The van der Waals surface area contributed by atoms with Gasteiger partial charge in [0.15, 0.2) is 5.57 Å². The van der Waals surface area contributed by atoms with Crippen molar-refractivity contribution in [2.45, 2.75) is 37.8 Å². The summed E-state index contributed by atoms with van der Waals surface area (Å²) >= 11 is 5.93. The summed E-state index contributed by atoms with van der Waals surface area (Å²) in [5.41, 5.74) is 6.63. The Hall–Kier alpha value is -2.41. The third-order valence-corrected chi connectivity index (χ3v) is 6.20. The molecule has 4 N–H and O–H groups in total. The zero-order chi connectivity index (χ0) is 21.2. The van der Waals surface area contributed by atoms with Crippen LogP contribution >= 0.6 is 11.6 Å². The number of nitrogens with zero attached hydrogens (tertiary/aromatic N) is 2. The first-order valence-corrected chi connectivity index (χ1v) is 11.5. The zero-order valence-corrected chi connectivity index (χ0v) is 17.5. The Labute approximate surface area is 175 Å². The van der Waals surface area contributed by atoms with E-state index in [1.54, 1.807) is 30.5 Å². The number of carbonyl (C=O) groups is 1. The van der Waals surface area contributed by atoms with Gasteiger partial charge in [0, 0.05) is 23.4 Å². The summed E-state index contributed by atoms with van der Waals surface area (Å²) in [6, 6.07) is 9.03. The second-order valence-corrected chi connectivity index (χ2v) is 9.60. The maximum absolute atomic E-state index is 11.8. The van der Waals surface area contributed by atoms with E-state index in [9.17, 15) is 18.5 Å². The van der Waals surface area contributed by atoms with Crippen molar-refractivity contribution in [3.8, 4) is 6.07 Å². The number of benzene rings is 1. The molecule has 1 fully saturated rings. The highest BCUT2D eigenvalue weighted by atomic mass is 35.5. The SMILES string of the molecule is CS(=O)(=O)NC1CCC([N+]2=C(Nc3ccc(Cl)cc3)C(C(N)=O)=C2)C(CC#N)C1. The highest BCUT2D eigenvalue weighted by Gasteiger charge is 2.42. The molecule has 0 bridgehead atoms. The van der Waals surface area contributed by atoms with E-state index in [4.69, 9.17) is 17.3 Å². The number of primary amides is 1. The van der Waals surface area contributed by atoms with E-state index in [2.05, 4.69) is 16.1 Å². The number of nitrogens with two attached hydrogens (primary N) is 1. The average Bonchev–Trinajstić information content (AvgIpc) is 2.61. The summed E-state index contributed by atoms with van der Waals surface area (Å²) in [7, 11) is -3.31. The van der Waals surface area contributed by atoms with Gasteiger partial charge in [0.25, 0.3) is 11.7 Å². The Balaban J connectivity index is 1.84. The van der Waals surface area contributed by atoms with E-state index < -0.39 is 15.9 Å². The van der Waals surface area contributed by atoms with Crippen molar-refractivity contribution in [1.82, 2.24) is 4.72 Å². The van der Waals surface area contributed by atoms with Gasteiger partial charge in [0.2, 0.25) is 10.0 Å². The maximum Gasteiger partial charge on any atom is 0.296 e. The summed E-state index contributed by atoms with van der Waals surface area (Å²) in [5, 5.41) is 13.1. The summed E-state index contributed by atoms with van der Waals surface area (Å²) < 4.78 is 27.7. The van der Waals surface area contributed by atoms with Crippen molar-refractivity contribution in [2.75, 3.05) is 11.6 Å². The van der Waals surface area contributed by atoms with Crippen molar-refractivity contribution in [2.24, 2.45) is 11.7 Å². The molecule has 1 amide bonds. The van der Waals surface area contributed by atoms with Gasteiger partial charge in [-0.05, 0) is 43.5 Å². The third kappa shape index (κ3) is 5.15. The Morgan fingerprint density at radius 2 is 2.03 bits per heavy atom. The predicted octanol–water partition coefficient (Wildman–Crippen LogP) is 1.55. The number of amidine groups is 1. The lowest BCUT2D eigenvalue weighted by atomic mass is 9.79. The van der Waals surface area contributed by atoms with Crippen LogP contribution in [0.15, 0.2) is 36.0 Å². The Morgan fingerprint density at radius 3 is 2.62 bits per heavy atom. The molecule has 1 saturated carbocycles. The maximum atomic E-state index is 11.8. The first-order chi connectivity index (χ1) is 13.7. The molecule has 0 spiro atoms. The van der Waals surface area contributed by atoms with Crippen LogP contribution in [0, 0.1) is 17.2 Å². The molecule has 2 aliphatic rings. The van der Waals surface area contributed by atoms with Gasteiger partial charge in [0.05, 0.1) is 12.3 Å². The van der Waals surface area contributed by atoms with E-state index in [1.807, 2.05) is 4.58 Å². The van der Waals surface area contributed by atoms with E-state index in [0.29, 0.717) is 35.7 Å². The molecule has 10 heteroatoms. The largest absolute Gasteiger partial charge is 0.365 e. The topological polar surface area (TPSA) is 128 Å². The number of hydrogen-bond donors (Lipinski definition) is 3. The molecule has 3 unspecified atom stereocenters. The van der Waals surface area contributed by atoms with Crippen LogP contribution in [0.2, 0.25) is 5.02 Å². The van der Waals surface area contributed by atoms with Crippen LogP contribution in [-0.2, 0) is 14.8 Å². The smallest absolute Gasteiger partial charge is 0.296 e. The standard InChI is InChI=1S/C19H22ClN5O3S/c1-29(27,28)24-15-6-7-17(12(10-15)8-9-21)25-11-16(18(22)26)19(25)23-14-4-2-13(20)3-5-14/h2-5,11-12,15,17,24H,6-8,10H2,1H3,(H2,22,26)/p+1. The van der Waals surface area contributed by atoms with Crippen molar-refractivity contribution in [3.05, 3.63) is 41.1 Å². The fourth-order valence-electron chi connectivity index (χ4n) is 3.94. The molecule has 3 atom stereocenters. The lowest BCUT2D eigenvalue weighted by Crippen LogP contribution is -2.50. The molecule has 0 radical (unpaired) electrons. The first-order valence-electron chi connectivity index (χ1n) is 9.22. The second-order valence-electron chi connectivity index (χ2n) is 7.38. The van der Waals surface area contributed by atoms with Crippen LogP contribution in [0.3, 0.4) is 0 Å². The minimum absolute atomic E-state index is 0.0369. The molecule has 3 rings (SSSR count). The van der Waals surface area contributed by atoms with Crippen molar-refractivity contribution in [3.63, 3.8) is 0 Å². The average molecular weight is 437 g/mol. The van der Waals surface area contributed by atoms with Crippen molar-refractivity contribution < 1.29 is 17.8 Å². The van der Waals surface area contributed by atoms with Gasteiger partial charge in [-0.2, -0.15) is 5.26 Å². The molecule has 1 aromatic rings. The lowest BCUT2D eigenvalue weighted by molar-refractivity contribution is -0.524. The second kappa shape index (κ2) is 8.53. The van der Waals surface area contributed by atoms with Gasteiger partial charge in [-0.1, -0.05) is 11.6 Å². The Kier molecular flexibility index (Phi) is 6.27.